The van der Waals surface area contributed by atoms with Gasteiger partial charge in [0.15, 0.2) is 0 Å². The minimum absolute atomic E-state index is 0.0105. The highest BCUT2D eigenvalue weighted by atomic mass is 19.4. The summed E-state index contributed by atoms with van der Waals surface area (Å²) in [5.74, 6) is 1.32. The maximum Gasteiger partial charge on any atom is 0.416 e. The molecule has 1 atom stereocenters. The van der Waals surface area contributed by atoms with Crippen LogP contribution in [-0.2, 0) is 17.5 Å². The molecular weight excluding hydrogens is 431 g/mol. The molecule has 0 spiro atoms. The number of anilines is 1. The molecule has 0 bridgehead atoms. The maximum absolute atomic E-state index is 13.1. The van der Waals surface area contributed by atoms with Crippen LogP contribution in [0.5, 0.6) is 5.75 Å². The van der Waals surface area contributed by atoms with Gasteiger partial charge in [-0.2, -0.15) is 13.2 Å². The molecule has 2 aromatic rings. The zero-order chi connectivity index (χ0) is 23.1. The number of alkyl halides is 3. The summed E-state index contributed by atoms with van der Waals surface area (Å²) in [6, 6.07) is 8.10. The van der Waals surface area contributed by atoms with Crippen LogP contribution in [0.2, 0.25) is 0 Å². The number of benzene rings is 1. The van der Waals surface area contributed by atoms with Gasteiger partial charge in [0.2, 0.25) is 0 Å². The summed E-state index contributed by atoms with van der Waals surface area (Å²) < 4.78 is 50.8. The summed E-state index contributed by atoms with van der Waals surface area (Å²) in [5.41, 5.74) is 0.654. The fourth-order valence-electron chi connectivity index (χ4n) is 4.59. The molecule has 0 aliphatic carbocycles. The van der Waals surface area contributed by atoms with Crippen LogP contribution in [-0.4, -0.2) is 43.9 Å². The van der Waals surface area contributed by atoms with E-state index in [1.807, 2.05) is 6.20 Å². The molecule has 2 aliphatic rings. The Kier molecular flexibility index (Phi) is 8.09. The van der Waals surface area contributed by atoms with Crippen LogP contribution >= 0.6 is 0 Å². The first-order chi connectivity index (χ1) is 16.0. The molecule has 0 amide bonds. The molecule has 0 saturated carbocycles. The van der Waals surface area contributed by atoms with Crippen LogP contribution in [0.25, 0.3) is 0 Å². The molecule has 1 N–H and O–H groups in total. The predicted octanol–water partition coefficient (Wildman–Crippen LogP) is 5.05. The predicted molar refractivity (Wildman–Crippen MR) is 121 cm³/mol. The van der Waals surface area contributed by atoms with Gasteiger partial charge in [-0.25, -0.2) is 0 Å². The number of rotatable bonds is 9. The zero-order valence-corrected chi connectivity index (χ0v) is 18.8. The molecule has 2 fully saturated rings. The van der Waals surface area contributed by atoms with Gasteiger partial charge in [0.25, 0.3) is 0 Å². The Morgan fingerprint density at radius 3 is 2.67 bits per heavy atom. The van der Waals surface area contributed by atoms with E-state index in [-0.39, 0.29) is 12.2 Å². The van der Waals surface area contributed by atoms with Crippen molar-refractivity contribution in [1.29, 1.82) is 0 Å². The fourth-order valence-corrected chi connectivity index (χ4v) is 4.59. The van der Waals surface area contributed by atoms with Crippen molar-refractivity contribution < 1.29 is 22.6 Å². The quantitative estimate of drug-likeness (QED) is 0.527. The van der Waals surface area contributed by atoms with E-state index in [0.29, 0.717) is 25.2 Å². The molecule has 180 valence electrons. The first-order valence-corrected chi connectivity index (χ1v) is 11.8. The molecule has 8 heteroatoms. The van der Waals surface area contributed by atoms with Crippen molar-refractivity contribution >= 4 is 5.69 Å². The zero-order valence-electron chi connectivity index (χ0n) is 18.8. The van der Waals surface area contributed by atoms with Crippen LogP contribution < -0.4 is 15.0 Å². The normalized spacial score (nSPS) is 19.7. The van der Waals surface area contributed by atoms with E-state index in [1.165, 1.54) is 18.6 Å². The van der Waals surface area contributed by atoms with E-state index in [2.05, 4.69) is 21.3 Å². The lowest BCUT2D eigenvalue weighted by molar-refractivity contribution is -0.138. The van der Waals surface area contributed by atoms with Crippen molar-refractivity contribution in [2.75, 3.05) is 37.7 Å². The lowest BCUT2D eigenvalue weighted by Crippen LogP contribution is -2.34. The van der Waals surface area contributed by atoms with E-state index in [1.54, 1.807) is 12.3 Å². The molecule has 1 aromatic heterocycles. The van der Waals surface area contributed by atoms with Crippen LogP contribution in [0.4, 0.5) is 18.9 Å². The second-order valence-electron chi connectivity index (χ2n) is 8.91. The Balaban J connectivity index is 1.18. The van der Waals surface area contributed by atoms with Gasteiger partial charge in [-0.3, -0.25) is 4.98 Å². The maximum atomic E-state index is 13.1. The lowest BCUT2D eigenvalue weighted by atomic mass is 9.93. The van der Waals surface area contributed by atoms with E-state index < -0.39 is 11.7 Å². The molecule has 1 aromatic carbocycles. The van der Waals surface area contributed by atoms with Crippen molar-refractivity contribution in [1.82, 2.24) is 10.3 Å². The molecule has 2 aliphatic heterocycles. The third-order valence-corrected chi connectivity index (χ3v) is 6.54. The van der Waals surface area contributed by atoms with Gasteiger partial charge in [0.05, 0.1) is 30.3 Å². The molecule has 2 saturated heterocycles. The van der Waals surface area contributed by atoms with E-state index in [9.17, 15) is 13.2 Å². The third-order valence-electron chi connectivity index (χ3n) is 6.54. The summed E-state index contributed by atoms with van der Waals surface area (Å²) in [7, 11) is 0. The monoisotopic (exact) mass is 463 g/mol. The average molecular weight is 464 g/mol. The molecule has 0 radical (unpaired) electrons. The summed E-state index contributed by atoms with van der Waals surface area (Å²) in [6.07, 6.45) is 4.56. The standard InChI is InChI=1S/C25H32F3N3O2/c26-25(27,28)24-6-2-1-4-20(24)17-32-13-9-19-7-11-31(12-8-19)22-14-23(16-29-15-22)33-18-21-5-3-10-30-21/h1-2,4,6,14-16,19,21,30H,3,5,7-13,17-18H2/t21-/m0/s1. The van der Waals surface area contributed by atoms with E-state index in [4.69, 9.17) is 9.47 Å². The number of hydrogen-bond donors (Lipinski definition) is 1. The fraction of sp³-hybridized carbons (Fsp3) is 0.560. The van der Waals surface area contributed by atoms with E-state index in [0.717, 1.165) is 62.8 Å². The van der Waals surface area contributed by atoms with Gasteiger partial charge < -0.3 is 19.7 Å². The van der Waals surface area contributed by atoms with E-state index >= 15 is 0 Å². The molecule has 5 nitrogen and oxygen atoms in total. The molecule has 33 heavy (non-hydrogen) atoms. The summed E-state index contributed by atoms with van der Waals surface area (Å²) in [6.45, 7) is 4.04. The lowest BCUT2D eigenvalue weighted by Gasteiger charge is -2.33. The van der Waals surface area contributed by atoms with Gasteiger partial charge in [0, 0.05) is 31.8 Å². The number of piperidine rings is 1. The highest BCUT2D eigenvalue weighted by molar-refractivity contribution is 5.48. The number of aromatic nitrogens is 1. The van der Waals surface area contributed by atoms with Crippen molar-refractivity contribution in [2.45, 2.75) is 50.9 Å². The summed E-state index contributed by atoms with van der Waals surface area (Å²) in [5, 5.41) is 3.43. The van der Waals surface area contributed by atoms with Crippen LogP contribution in [0.15, 0.2) is 42.7 Å². The Morgan fingerprint density at radius 2 is 1.91 bits per heavy atom. The number of pyridine rings is 1. The molecular formula is C25H32F3N3O2. The topological polar surface area (TPSA) is 46.6 Å². The Hall–Kier alpha value is -2.32. The Bertz CT molecular complexity index is 879. The summed E-state index contributed by atoms with van der Waals surface area (Å²) in [4.78, 5) is 6.67. The minimum atomic E-state index is -4.35. The first-order valence-electron chi connectivity index (χ1n) is 11.8. The third kappa shape index (κ3) is 6.84. The average Bonchev–Trinajstić information content (AvgIpc) is 3.35. The molecule has 4 rings (SSSR count). The minimum Gasteiger partial charge on any atom is -0.490 e. The largest absolute Gasteiger partial charge is 0.490 e. The second kappa shape index (κ2) is 11.2. The van der Waals surface area contributed by atoms with Gasteiger partial charge in [-0.15, -0.1) is 0 Å². The van der Waals surface area contributed by atoms with Crippen molar-refractivity contribution in [3.63, 3.8) is 0 Å². The number of nitrogens with one attached hydrogen (secondary N) is 1. The number of hydrogen-bond acceptors (Lipinski definition) is 5. The SMILES string of the molecule is FC(F)(F)c1ccccc1COCCC1CCN(c2cncc(OC[C@@H]3CCCN3)c2)CC1. The molecule has 3 heterocycles. The van der Waals surface area contributed by atoms with Gasteiger partial charge in [-0.05, 0) is 56.2 Å². The number of ether oxygens (including phenoxy) is 2. The number of halogens is 3. The first kappa shape index (κ1) is 23.8. The second-order valence-corrected chi connectivity index (χ2v) is 8.91. The van der Waals surface area contributed by atoms with Crippen molar-refractivity contribution in [3.8, 4) is 5.75 Å². The molecule has 0 unspecified atom stereocenters. The van der Waals surface area contributed by atoms with Crippen LogP contribution in [0.3, 0.4) is 0 Å². The highest BCUT2D eigenvalue weighted by Gasteiger charge is 2.32. The smallest absolute Gasteiger partial charge is 0.416 e. The van der Waals surface area contributed by atoms with Crippen molar-refractivity contribution in [2.24, 2.45) is 5.92 Å². The van der Waals surface area contributed by atoms with Gasteiger partial charge in [-0.1, -0.05) is 18.2 Å². The number of nitrogens with zero attached hydrogens (tertiary/aromatic N) is 2. The van der Waals surface area contributed by atoms with Crippen LogP contribution in [0, 0.1) is 5.92 Å². The summed E-state index contributed by atoms with van der Waals surface area (Å²) >= 11 is 0. The Labute approximate surface area is 193 Å². The van der Waals surface area contributed by atoms with Gasteiger partial charge in [0.1, 0.15) is 12.4 Å². The van der Waals surface area contributed by atoms with Gasteiger partial charge >= 0.3 is 6.18 Å². The van der Waals surface area contributed by atoms with Crippen LogP contribution in [0.1, 0.15) is 43.2 Å². The highest BCUT2D eigenvalue weighted by Crippen LogP contribution is 2.32. The Morgan fingerprint density at radius 1 is 1.09 bits per heavy atom. The van der Waals surface area contributed by atoms with Crippen molar-refractivity contribution in [3.05, 3.63) is 53.9 Å².